The summed E-state index contributed by atoms with van der Waals surface area (Å²) in [6.07, 6.45) is 0.214. The van der Waals surface area contributed by atoms with Crippen LogP contribution in [-0.2, 0) is 4.79 Å². The Balaban J connectivity index is 4.48. The van der Waals surface area contributed by atoms with Crippen molar-refractivity contribution < 1.29 is 15.0 Å². The minimum Gasteiger partial charge on any atom is -0.392 e. The van der Waals surface area contributed by atoms with Crippen molar-refractivity contribution in [3.63, 3.8) is 0 Å². The zero-order valence-corrected chi connectivity index (χ0v) is 11.1. The summed E-state index contributed by atoms with van der Waals surface area (Å²) in [5.41, 5.74) is 0. The van der Waals surface area contributed by atoms with Crippen molar-refractivity contribution in [2.45, 2.75) is 59.7 Å². The van der Waals surface area contributed by atoms with Gasteiger partial charge in [0.1, 0.15) is 5.78 Å². The van der Waals surface area contributed by atoms with Gasteiger partial charge in [0, 0.05) is 11.8 Å². The number of carbonyl (C=O) groups is 1. The Hall–Kier alpha value is -0.410. The van der Waals surface area contributed by atoms with Crippen LogP contribution in [0.15, 0.2) is 0 Å². The molecule has 0 amide bonds. The van der Waals surface area contributed by atoms with Crippen LogP contribution in [0.3, 0.4) is 0 Å². The third-order valence-electron chi connectivity index (χ3n) is 3.63. The molecule has 0 spiro atoms. The van der Waals surface area contributed by atoms with Crippen molar-refractivity contribution in [1.82, 2.24) is 0 Å². The number of hydrogen-bond donors (Lipinski definition) is 2. The SMILES string of the molecule is CC[C@@H](O)[C@@H](C)C(=O)[C@H](C)[C@H](O)[C@@H](C)CC. The first-order chi connectivity index (χ1) is 7.36. The van der Waals surface area contributed by atoms with Crippen LogP contribution >= 0.6 is 0 Å². The van der Waals surface area contributed by atoms with E-state index in [0.717, 1.165) is 6.42 Å². The first-order valence-electron chi connectivity index (χ1n) is 6.26. The molecular weight excluding hydrogens is 204 g/mol. The maximum atomic E-state index is 12.0. The van der Waals surface area contributed by atoms with E-state index in [1.807, 2.05) is 20.8 Å². The summed E-state index contributed by atoms with van der Waals surface area (Å²) in [4.78, 5) is 12.0. The van der Waals surface area contributed by atoms with E-state index in [1.165, 1.54) is 0 Å². The van der Waals surface area contributed by atoms with Gasteiger partial charge in [-0.2, -0.15) is 0 Å². The number of hydrogen-bond acceptors (Lipinski definition) is 3. The fourth-order valence-corrected chi connectivity index (χ4v) is 1.86. The first kappa shape index (κ1) is 15.6. The van der Waals surface area contributed by atoms with Gasteiger partial charge in [-0.3, -0.25) is 4.79 Å². The largest absolute Gasteiger partial charge is 0.392 e. The van der Waals surface area contributed by atoms with E-state index in [0.29, 0.717) is 6.42 Å². The lowest BCUT2D eigenvalue weighted by Gasteiger charge is -2.26. The average molecular weight is 230 g/mol. The van der Waals surface area contributed by atoms with Crippen molar-refractivity contribution >= 4 is 5.78 Å². The minimum atomic E-state index is -0.607. The maximum Gasteiger partial charge on any atom is 0.143 e. The van der Waals surface area contributed by atoms with Crippen LogP contribution in [0.5, 0.6) is 0 Å². The van der Waals surface area contributed by atoms with Crippen LogP contribution in [0.4, 0.5) is 0 Å². The molecule has 0 rings (SSSR count). The summed E-state index contributed by atoms with van der Waals surface area (Å²) in [6.45, 7) is 9.27. The molecule has 0 aliphatic rings. The number of Topliss-reactive ketones (excluding diaryl/α,β-unsaturated/α-hetero) is 1. The number of carbonyl (C=O) groups excluding carboxylic acids is 1. The van der Waals surface area contributed by atoms with Crippen molar-refractivity contribution in [3.8, 4) is 0 Å². The number of aliphatic hydroxyl groups is 2. The zero-order chi connectivity index (χ0) is 12.9. The highest BCUT2D eigenvalue weighted by molar-refractivity contribution is 5.83. The third-order valence-corrected chi connectivity index (χ3v) is 3.63. The second-order valence-corrected chi connectivity index (χ2v) is 4.83. The highest BCUT2D eigenvalue weighted by Gasteiger charge is 2.31. The monoisotopic (exact) mass is 230 g/mol. The van der Waals surface area contributed by atoms with Crippen LogP contribution < -0.4 is 0 Å². The summed E-state index contributed by atoms with van der Waals surface area (Å²) in [6, 6.07) is 0. The van der Waals surface area contributed by atoms with Crippen molar-refractivity contribution in [2.24, 2.45) is 17.8 Å². The Kier molecular flexibility index (Phi) is 6.84. The van der Waals surface area contributed by atoms with Gasteiger partial charge in [-0.1, -0.05) is 41.0 Å². The lowest BCUT2D eigenvalue weighted by atomic mass is 9.82. The molecule has 0 aromatic carbocycles. The number of ketones is 1. The van der Waals surface area contributed by atoms with E-state index in [2.05, 4.69) is 0 Å². The van der Waals surface area contributed by atoms with Crippen molar-refractivity contribution in [3.05, 3.63) is 0 Å². The lowest BCUT2D eigenvalue weighted by Crippen LogP contribution is -2.37. The molecule has 0 aliphatic carbocycles. The summed E-state index contributed by atoms with van der Waals surface area (Å²) < 4.78 is 0. The maximum absolute atomic E-state index is 12.0. The van der Waals surface area contributed by atoms with E-state index in [-0.39, 0.29) is 11.7 Å². The van der Waals surface area contributed by atoms with Gasteiger partial charge in [-0.05, 0) is 12.3 Å². The highest BCUT2D eigenvalue weighted by Crippen LogP contribution is 2.21. The van der Waals surface area contributed by atoms with Crippen molar-refractivity contribution in [2.75, 3.05) is 0 Å². The van der Waals surface area contributed by atoms with Crippen LogP contribution in [0.1, 0.15) is 47.5 Å². The fourth-order valence-electron chi connectivity index (χ4n) is 1.86. The molecule has 16 heavy (non-hydrogen) atoms. The second kappa shape index (κ2) is 7.02. The lowest BCUT2D eigenvalue weighted by molar-refractivity contribution is -0.133. The fraction of sp³-hybridized carbons (Fsp3) is 0.923. The van der Waals surface area contributed by atoms with Gasteiger partial charge in [0.05, 0.1) is 12.2 Å². The third kappa shape index (κ3) is 3.87. The molecule has 0 bridgehead atoms. The molecular formula is C13H26O3. The topological polar surface area (TPSA) is 57.5 Å². The van der Waals surface area contributed by atoms with E-state index in [1.54, 1.807) is 13.8 Å². The van der Waals surface area contributed by atoms with Gasteiger partial charge in [-0.15, -0.1) is 0 Å². The Morgan fingerprint density at radius 2 is 1.50 bits per heavy atom. The Labute approximate surface area is 98.9 Å². The average Bonchev–Trinajstić information content (AvgIpc) is 2.32. The molecule has 0 aliphatic heterocycles. The second-order valence-electron chi connectivity index (χ2n) is 4.83. The van der Waals surface area contributed by atoms with Gasteiger partial charge < -0.3 is 10.2 Å². The van der Waals surface area contributed by atoms with E-state index < -0.39 is 24.0 Å². The highest BCUT2D eigenvalue weighted by atomic mass is 16.3. The Morgan fingerprint density at radius 1 is 1.00 bits per heavy atom. The van der Waals surface area contributed by atoms with Gasteiger partial charge in [0.15, 0.2) is 0 Å². The molecule has 3 nitrogen and oxygen atoms in total. The van der Waals surface area contributed by atoms with Gasteiger partial charge in [0.25, 0.3) is 0 Å². The number of aliphatic hydroxyl groups excluding tert-OH is 2. The molecule has 0 aromatic rings. The summed E-state index contributed by atoms with van der Waals surface area (Å²) >= 11 is 0. The standard InChI is InChI=1S/C13H26O3/c1-6-8(3)12(15)10(5)13(16)9(4)11(14)7-2/h8-12,14-15H,6-7H2,1-5H3/t8-,9+,10+,11+,12+/m0/s1. The molecule has 0 saturated heterocycles. The van der Waals surface area contributed by atoms with E-state index >= 15 is 0 Å². The van der Waals surface area contributed by atoms with E-state index in [9.17, 15) is 15.0 Å². The molecule has 0 aromatic heterocycles. The smallest absolute Gasteiger partial charge is 0.143 e. The number of rotatable bonds is 7. The molecule has 96 valence electrons. The minimum absolute atomic E-state index is 0.0397. The van der Waals surface area contributed by atoms with E-state index in [4.69, 9.17) is 0 Å². The van der Waals surface area contributed by atoms with Crippen LogP contribution in [-0.4, -0.2) is 28.2 Å². The first-order valence-corrected chi connectivity index (χ1v) is 6.26. The van der Waals surface area contributed by atoms with Gasteiger partial charge in [0.2, 0.25) is 0 Å². The summed E-state index contributed by atoms with van der Waals surface area (Å²) in [5, 5.41) is 19.6. The summed E-state index contributed by atoms with van der Waals surface area (Å²) in [5.74, 6) is -0.711. The van der Waals surface area contributed by atoms with Crippen LogP contribution in [0, 0.1) is 17.8 Å². The Bertz CT molecular complexity index is 215. The molecule has 0 saturated carbocycles. The molecule has 0 unspecified atom stereocenters. The molecule has 0 fully saturated rings. The normalized spacial score (nSPS) is 20.9. The molecule has 0 radical (unpaired) electrons. The Morgan fingerprint density at radius 3 is 1.88 bits per heavy atom. The quantitative estimate of drug-likeness (QED) is 0.703. The molecule has 2 N–H and O–H groups in total. The van der Waals surface area contributed by atoms with Gasteiger partial charge in [-0.25, -0.2) is 0 Å². The molecule has 0 heterocycles. The predicted molar refractivity (Wildman–Crippen MR) is 65.1 cm³/mol. The van der Waals surface area contributed by atoms with Crippen LogP contribution in [0.25, 0.3) is 0 Å². The molecule has 5 atom stereocenters. The zero-order valence-electron chi connectivity index (χ0n) is 11.1. The predicted octanol–water partition coefficient (Wildman–Crippen LogP) is 2.01. The summed E-state index contributed by atoms with van der Waals surface area (Å²) in [7, 11) is 0. The van der Waals surface area contributed by atoms with Gasteiger partial charge >= 0.3 is 0 Å². The molecule has 3 heteroatoms. The van der Waals surface area contributed by atoms with Crippen LogP contribution in [0.2, 0.25) is 0 Å². The van der Waals surface area contributed by atoms with Crippen molar-refractivity contribution in [1.29, 1.82) is 0 Å².